The monoisotopic (exact) mass is 311 g/mol. The van der Waals surface area contributed by atoms with Crippen LogP contribution >= 0.6 is 15.9 Å². The van der Waals surface area contributed by atoms with E-state index >= 15 is 0 Å². The molecule has 0 bridgehead atoms. The first kappa shape index (κ1) is 13.9. The summed E-state index contributed by atoms with van der Waals surface area (Å²) in [7, 11) is 1.76. The van der Waals surface area contributed by atoms with Gasteiger partial charge in [-0.1, -0.05) is 29.8 Å². The molecule has 1 saturated heterocycles. The van der Waals surface area contributed by atoms with Crippen molar-refractivity contribution < 1.29 is 4.74 Å². The predicted molar refractivity (Wildman–Crippen MR) is 79.2 cm³/mol. The highest BCUT2D eigenvalue weighted by atomic mass is 79.9. The van der Waals surface area contributed by atoms with Gasteiger partial charge in [0.1, 0.15) is 5.75 Å². The molecule has 1 aliphatic heterocycles. The van der Waals surface area contributed by atoms with Crippen LogP contribution in [0.25, 0.3) is 0 Å². The minimum Gasteiger partial charge on any atom is -0.496 e. The lowest BCUT2D eigenvalue weighted by Gasteiger charge is -2.36. The fourth-order valence-corrected chi connectivity index (χ4v) is 3.34. The fourth-order valence-electron chi connectivity index (χ4n) is 2.96. The van der Waals surface area contributed by atoms with Crippen molar-refractivity contribution in [1.29, 1.82) is 0 Å². The maximum atomic E-state index is 5.54. The largest absolute Gasteiger partial charge is 0.496 e. The molecule has 2 rings (SSSR count). The zero-order valence-electron chi connectivity index (χ0n) is 11.4. The van der Waals surface area contributed by atoms with Gasteiger partial charge in [-0.2, -0.15) is 0 Å². The maximum absolute atomic E-state index is 5.54. The number of nitrogens with one attached hydrogen (secondary N) is 1. The smallest absolute Gasteiger partial charge is 0.122 e. The molecular weight excluding hydrogens is 290 g/mol. The number of benzene rings is 1. The minimum absolute atomic E-state index is 0.596. The van der Waals surface area contributed by atoms with Crippen molar-refractivity contribution in [1.82, 2.24) is 5.32 Å². The van der Waals surface area contributed by atoms with E-state index in [2.05, 4.69) is 47.2 Å². The summed E-state index contributed by atoms with van der Waals surface area (Å²) in [5.41, 5.74) is 1.35. The van der Waals surface area contributed by atoms with Gasteiger partial charge in [0.15, 0.2) is 0 Å². The van der Waals surface area contributed by atoms with E-state index < -0.39 is 0 Å². The Balaban J connectivity index is 2.35. The number of rotatable bonds is 3. The van der Waals surface area contributed by atoms with E-state index in [-0.39, 0.29) is 0 Å². The van der Waals surface area contributed by atoms with Crippen molar-refractivity contribution in [3.63, 3.8) is 0 Å². The van der Waals surface area contributed by atoms with Crippen LogP contribution in [-0.2, 0) is 0 Å². The molecule has 0 aromatic heterocycles. The average molecular weight is 312 g/mol. The van der Waals surface area contributed by atoms with E-state index in [1.165, 1.54) is 12.0 Å². The van der Waals surface area contributed by atoms with Crippen LogP contribution in [0.1, 0.15) is 31.7 Å². The van der Waals surface area contributed by atoms with Crippen LogP contribution in [-0.4, -0.2) is 20.2 Å². The molecule has 1 N–H and O–H groups in total. The SMILES string of the molecule is COc1ccc(Br)cc1C1CCNCC1C(C)C. The van der Waals surface area contributed by atoms with Gasteiger partial charge in [-0.05, 0) is 61.0 Å². The molecule has 2 nitrogen and oxygen atoms in total. The van der Waals surface area contributed by atoms with Gasteiger partial charge < -0.3 is 10.1 Å². The zero-order chi connectivity index (χ0) is 13.1. The summed E-state index contributed by atoms with van der Waals surface area (Å²) in [6, 6.07) is 6.34. The fraction of sp³-hybridized carbons (Fsp3) is 0.600. The molecule has 0 spiro atoms. The molecule has 1 fully saturated rings. The van der Waals surface area contributed by atoms with Crippen molar-refractivity contribution >= 4 is 15.9 Å². The molecule has 0 radical (unpaired) electrons. The zero-order valence-corrected chi connectivity index (χ0v) is 13.0. The molecule has 2 atom stereocenters. The number of piperidine rings is 1. The lowest BCUT2D eigenvalue weighted by Crippen LogP contribution is -2.38. The second kappa shape index (κ2) is 6.07. The van der Waals surface area contributed by atoms with Gasteiger partial charge in [-0.3, -0.25) is 0 Å². The lowest BCUT2D eigenvalue weighted by atomic mass is 9.75. The van der Waals surface area contributed by atoms with Crippen molar-refractivity contribution in [2.75, 3.05) is 20.2 Å². The van der Waals surface area contributed by atoms with Crippen molar-refractivity contribution in [3.05, 3.63) is 28.2 Å². The minimum atomic E-state index is 0.596. The molecule has 18 heavy (non-hydrogen) atoms. The topological polar surface area (TPSA) is 21.3 Å². The van der Waals surface area contributed by atoms with Gasteiger partial charge in [-0.25, -0.2) is 0 Å². The highest BCUT2D eigenvalue weighted by Crippen LogP contribution is 2.40. The quantitative estimate of drug-likeness (QED) is 0.916. The van der Waals surface area contributed by atoms with Crippen LogP contribution in [0.4, 0.5) is 0 Å². The van der Waals surface area contributed by atoms with Gasteiger partial charge in [0, 0.05) is 4.47 Å². The van der Waals surface area contributed by atoms with Crippen LogP contribution in [0.2, 0.25) is 0 Å². The summed E-state index contributed by atoms with van der Waals surface area (Å²) >= 11 is 3.58. The number of halogens is 1. The molecule has 1 heterocycles. The van der Waals surface area contributed by atoms with Gasteiger partial charge in [0.25, 0.3) is 0 Å². The molecular formula is C15H22BrNO. The average Bonchev–Trinajstić information content (AvgIpc) is 2.38. The Kier molecular flexibility index (Phi) is 4.68. The summed E-state index contributed by atoms with van der Waals surface area (Å²) in [5.74, 6) is 2.99. The first-order valence-corrected chi connectivity index (χ1v) is 7.47. The van der Waals surface area contributed by atoms with Gasteiger partial charge >= 0.3 is 0 Å². The molecule has 1 aliphatic rings. The summed E-state index contributed by atoms with van der Waals surface area (Å²) in [6.07, 6.45) is 1.19. The lowest BCUT2D eigenvalue weighted by molar-refractivity contribution is 0.250. The van der Waals surface area contributed by atoms with E-state index in [4.69, 9.17) is 4.74 Å². The number of ether oxygens (including phenoxy) is 1. The Hall–Kier alpha value is -0.540. The first-order valence-electron chi connectivity index (χ1n) is 6.67. The second-order valence-electron chi connectivity index (χ2n) is 5.39. The van der Waals surface area contributed by atoms with Crippen molar-refractivity contribution in [3.8, 4) is 5.75 Å². The molecule has 3 heteroatoms. The second-order valence-corrected chi connectivity index (χ2v) is 6.31. The molecule has 1 aromatic rings. The van der Waals surface area contributed by atoms with E-state index in [0.717, 1.165) is 23.3 Å². The van der Waals surface area contributed by atoms with E-state index in [1.54, 1.807) is 7.11 Å². The summed E-state index contributed by atoms with van der Waals surface area (Å²) < 4.78 is 6.68. The van der Waals surface area contributed by atoms with Crippen molar-refractivity contribution in [2.24, 2.45) is 11.8 Å². The molecule has 100 valence electrons. The Labute approximate surface area is 118 Å². The van der Waals surface area contributed by atoms with Gasteiger partial charge in [-0.15, -0.1) is 0 Å². The number of methoxy groups -OCH3 is 1. The molecule has 0 saturated carbocycles. The van der Waals surface area contributed by atoms with Gasteiger partial charge in [0.05, 0.1) is 7.11 Å². The van der Waals surface area contributed by atoms with Crippen LogP contribution < -0.4 is 10.1 Å². The number of hydrogen-bond donors (Lipinski definition) is 1. The van der Waals surface area contributed by atoms with E-state index in [9.17, 15) is 0 Å². The normalized spacial score (nSPS) is 24.3. The van der Waals surface area contributed by atoms with E-state index in [1.807, 2.05) is 6.07 Å². The van der Waals surface area contributed by atoms with Gasteiger partial charge in [0.2, 0.25) is 0 Å². The van der Waals surface area contributed by atoms with Crippen LogP contribution in [0.15, 0.2) is 22.7 Å². The van der Waals surface area contributed by atoms with Crippen LogP contribution in [0.5, 0.6) is 5.75 Å². The third-order valence-corrected chi connectivity index (χ3v) is 4.47. The summed E-state index contributed by atoms with van der Waals surface area (Å²) in [5, 5.41) is 3.52. The highest BCUT2D eigenvalue weighted by molar-refractivity contribution is 9.10. The van der Waals surface area contributed by atoms with E-state index in [0.29, 0.717) is 17.8 Å². The standard InChI is InChI=1S/C15H22BrNO/c1-10(2)14-9-17-7-6-12(14)13-8-11(16)4-5-15(13)18-3/h4-5,8,10,12,14,17H,6-7,9H2,1-3H3. The molecule has 0 aliphatic carbocycles. The Morgan fingerprint density at radius 2 is 2.17 bits per heavy atom. The molecule has 1 aromatic carbocycles. The highest BCUT2D eigenvalue weighted by Gasteiger charge is 2.30. The van der Waals surface area contributed by atoms with Crippen molar-refractivity contribution in [2.45, 2.75) is 26.2 Å². The predicted octanol–water partition coefficient (Wildman–Crippen LogP) is 3.81. The summed E-state index contributed by atoms with van der Waals surface area (Å²) in [4.78, 5) is 0. The third-order valence-electron chi connectivity index (χ3n) is 3.98. The Morgan fingerprint density at radius 1 is 1.39 bits per heavy atom. The number of hydrogen-bond acceptors (Lipinski definition) is 2. The maximum Gasteiger partial charge on any atom is 0.122 e. The Morgan fingerprint density at radius 3 is 2.83 bits per heavy atom. The third kappa shape index (κ3) is 2.89. The van der Waals surface area contributed by atoms with Crippen LogP contribution in [0, 0.1) is 11.8 Å². The first-order chi connectivity index (χ1) is 8.63. The molecule has 2 unspecified atom stereocenters. The van der Waals surface area contributed by atoms with Crippen LogP contribution in [0.3, 0.4) is 0 Å². The summed E-state index contributed by atoms with van der Waals surface area (Å²) in [6.45, 7) is 6.84. The molecule has 0 amide bonds. The Bertz CT molecular complexity index is 405.